The molecule has 2 rings (SSSR count). The fourth-order valence-corrected chi connectivity index (χ4v) is 2.34. The number of ether oxygens (including phenoxy) is 1. The average Bonchev–Trinajstić information content (AvgIpc) is 2.32. The zero-order valence-electron chi connectivity index (χ0n) is 10.6. The van der Waals surface area contributed by atoms with Crippen molar-refractivity contribution in [1.82, 2.24) is 9.78 Å². The first kappa shape index (κ1) is 13.4. The van der Waals surface area contributed by atoms with Gasteiger partial charge >= 0.3 is 0 Å². The molecule has 0 saturated heterocycles. The molecular formula is C12H18ClN3O2. The maximum Gasteiger partial charge on any atom is 0.287 e. The highest BCUT2D eigenvalue weighted by atomic mass is 35.5. The third kappa shape index (κ3) is 2.84. The zero-order valence-corrected chi connectivity index (χ0v) is 11.4. The van der Waals surface area contributed by atoms with Crippen LogP contribution in [-0.4, -0.2) is 29.5 Å². The minimum absolute atomic E-state index is 0.209. The molecule has 0 bridgehead atoms. The molecule has 0 atom stereocenters. The van der Waals surface area contributed by atoms with Crippen LogP contribution in [0.25, 0.3) is 0 Å². The molecule has 1 heterocycles. The second-order valence-corrected chi connectivity index (χ2v) is 5.19. The summed E-state index contributed by atoms with van der Waals surface area (Å²) in [5.41, 5.74) is 0.360. The van der Waals surface area contributed by atoms with Crippen LogP contribution in [0.3, 0.4) is 0 Å². The Labute approximate surface area is 111 Å². The zero-order chi connectivity index (χ0) is 13.1. The van der Waals surface area contributed by atoms with Crippen LogP contribution >= 0.6 is 11.6 Å². The summed E-state index contributed by atoms with van der Waals surface area (Å²) < 4.78 is 6.24. The number of halogens is 1. The third-order valence-electron chi connectivity index (χ3n) is 3.23. The predicted octanol–water partition coefficient (Wildman–Crippen LogP) is 1.75. The summed E-state index contributed by atoms with van der Waals surface area (Å²) >= 11 is 6.06. The van der Waals surface area contributed by atoms with E-state index in [1.807, 2.05) is 0 Å². The molecule has 0 aromatic carbocycles. The molecule has 0 spiro atoms. The monoisotopic (exact) mass is 271 g/mol. The van der Waals surface area contributed by atoms with E-state index in [-0.39, 0.29) is 10.6 Å². The summed E-state index contributed by atoms with van der Waals surface area (Å²) in [4.78, 5) is 11.9. The lowest BCUT2D eigenvalue weighted by molar-refractivity contribution is 0.182. The molecule has 0 amide bonds. The number of methoxy groups -OCH3 is 1. The smallest absolute Gasteiger partial charge is 0.287 e. The van der Waals surface area contributed by atoms with Gasteiger partial charge in [-0.2, -0.15) is 5.10 Å². The molecule has 1 aliphatic carbocycles. The summed E-state index contributed by atoms with van der Waals surface area (Å²) in [5, 5.41) is 7.56. The summed E-state index contributed by atoms with van der Waals surface area (Å²) in [5.74, 6) is 0.747. The Balaban J connectivity index is 2.08. The van der Waals surface area contributed by atoms with Crippen molar-refractivity contribution in [1.29, 1.82) is 0 Å². The summed E-state index contributed by atoms with van der Waals surface area (Å²) in [6, 6.07) is 0.411. The molecule has 1 saturated carbocycles. The first-order valence-corrected chi connectivity index (χ1v) is 6.50. The normalized spacial score (nSPS) is 22.6. The molecule has 0 unspecified atom stereocenters. The van der Waals surface area contributed by atoms with E-state index >= 15 is 0 Å². The van der Waals surface area contributed by atoms with Gasteiger partial charge in [0.2, 0.25) is 0 Å². The molecule has 1 aromatic heterocycles. The minimum Gasteiger partial charge on any atom is -0.383 e. The predicted molar refractivity (Wildman–Crippen MR) is 71.2 cm³/mol. The summed E-state index contributed by atoms with van der Waals surface area (Å²) in [6.07, 6.45) is 3.84. The van der Waals surface area contributed by atoms with Gasteiger partial charge in [-0.1, -0.05) is 18.5 Å². The second kappa shape index (κ2) is 5.71. The van der Waals surface area contributed by atoms with Gasteiger partial charge in [-0.15, -0.1) is 0 Å². The van der Waals surface area contributed by atoms with Gasteiger partial charge in [-0.05, 0) is 18.8 Å². The van der Waals surface area contributed by atoms with Gasteiger partial charge in [0.25, 0.3) is 5.56 Å². The van der Waals surface area contributed by atoms with Gasteiger partial charge in [0.05, 0.1) is 25.0 Å². The van der Waals surface area contributed by atoms with Crippen LogP contribution < -0.4 is 10.9 Å². The highest BCUT2D eigenvalue weighted by Gasteiger charge is 2.26. The van der Waals surface area contributed by atoms with E-state index < -0.39 is 0 Å². The highest BCUT2D eigenvalue weighted by Crippen LogP contribution is 2.30. The maximum absolute atomic E-state index is 11.9. The van der Waals surface area contributed by atoms with E-state index in [2.05, 4.69) is 17.3 Å². The van der Waals surface area contributed by atoms with E-state index in [1.165, 1.54) is 4.68 Å². The number of nitrogens with one attached hydrogen (secondary N) is 1. The van der Waals surface area contributed by atoms with E-state index in [9.17, 15) is 4.79 Å². The van der Waals surface area contributed by atoms with Crippen LogP contribution in [0.2, 0.25) is 5.02 Å². The largest absolute Gasteiger partial charge is 0.383 e. The van der Waals surface area contributed by atoms with Crippen molar-refractivity contribution in [2.45, 2.75) is 32.4 Å². The van der Waals surface area contributed by atoms with Gasteiger partial charge in [-0.25, -0.2) is 4.68 Å². The van der Waals surface area contributed by atoms with Gasteiger partial charge in [0.1, 0.15) is 5.02 Å². The highest BCUT2D eigenvalue weighted by molar-refractivity contribution is 6.32. The second-order valence-electron chi connectivity index (χ2n) is 4.81. The Kier molecular flexibility index (Phi) is 4.24. The molecule has 1 N–H and O–H groups in total. The molecule has 18 heavy (non-hydrogen) atoms. The lowest BCUT2D eigenvalue weighted by Crippen LogP contribution is -2.35. The fourth-order valence-electron chi connectivity index (χ4n) is 2.14. The van der Waals surface area contributed by atoms with Crippen molar-refractivity contribution in [3.05, 3.63) is 21.6 Å². The van der Waals surface area contributed by atoms with Crippen molar-refractivity contribution >= 4 is 17.3 Å². The molecular weight excluding hydrogens is 254 g/mol. The molecule has 5 nitrogen and oxygen atoms in total. The Bertz CT molecular complexity index is 469. The van der Waals surface area contributed by atoms with Gasteiger partial charge < -0.3 is 10.1 Å². The number of hydrogen-bond donors (Lipinski definition) is 1. The van der Waals surface area contributed by atoms with Crippen molar-refractivity contribution < 1.29 is 4.74 Å². The molecule has 1 aliphatic rings. The molecule has 0 radical (unpaired) electrons. The van der Waals surface area contributed by atoms with Crippen LogP contribution in [0.5, 0.6) is 0 Å². The molecule has 0 aliphatic heterocycles. The Morgan fingerprint density at radius 3 is 2.94 bits per heavy atom. The van der Waals surface area contributed by atoms with Crippen LogP contribution in [-0.2, 0) is 11.3 Å². The van der Waals surface area contributed by atoms with Gasteiger partial charge in [0, 0.05) is 13.2 Å². The summed E-state index contributed by atoms with van der Waals surface area (Å²) in [7, 11) is 1.58. The lowest BCUT2D eigenvalue weighted by Gasteiger charge is -2.34. The Morgan fingerprint density at radius 1 is 1.61 bits per heavy atom. The van der Waals surface area contributed by atoms with Crippen molar-refractivity contribution in [3.8, 4) is 0 Å². The standard InChI is InChI=1S/C12H18ClN3O2/c1-8-5-9(6-8)15-10-7-14-16(3-4-18-2)12(17)11(10)13/h7-9,15H,3-6H2,1-2H3. The first-order valence-electron chi connectivity index (χ1n) is 6.13. The van der Waals surface area contributed by atoms with E-state index in [1.54, 1.807) is 13.3 Å². The molecule has 6 heteroatoms. The Morgan fingerprint density at radius 2 is 2.33 bits per heavy atom. The quantitative estimate of drug-likeness (QED) is 0.887. The van der Waals surface area contributed by atoms with Crippen molar-refractivity contribution in [3.63, 3.8) is 0 Å². The molecule has 1 fully saturated rings. The van der Waals surface area contributed by atoms with E-state index in [0.29, 0.717) is 24.9 Å². The van der Waals surface area contributed by atoms with E-state index in [0.717, 1.165) is 18.8 Å². The number of nitrogens with zero attached hydrogens (tertiary/aromatic N) is 2. The third-order valence-corrected chi connectivity index (χ3v) is 3.59. The number of aromatic nitrogens is 2. The van der Waals surface area contributed by atoms with E-state index in [4.69, 9.17) is 16.3 Å². The number of hydrogen-bond acceptors (Lipinski definition) is 4. The average molecular weight is 272 g/mol. The number of anilines is 1. The van der Waals surface area contributed by atoms with Gasteiger partial charge in [0.15, 0.2) is 0 Å². The fraction of sp³-hybridized carbons (Fsp3) is 0.667. The van der Waals surface area contributed by atoms with Crippen molar-refractivity contribution in [2.24, 2.45) is 5.92 Å². The molecule has 100 valence electrons. The van der Waals surface area contributed by atoms with Crippen molar-refractivity contribution in [2.75, 3.05) is 19.0 Å². The van der Waals surface area contributed by atoms with Crippen LogP contribution in [0, 0.1) is 5.92 Å². The first-order chi connectivity index (χ1) is 8.61. The summed E-state index contributed by atoms with van der Waals surface area (Å²) in [6.45, 7) is 3.06. The SMILES string of the molecule is COCCn1ncc(NC2CC(C)C2)c(Cl)c1=O. The van der Waals surface area contributed by atoms with Crippen LogP contribution in [0.15, 0.2) is 11.0 Å². The minimum atomic E-state index is -0.272. The number of rotatable bonds is 5. The van der Waals surface area contributed by atoms with Gasteiger partial charge in [-0.3, -0.25) is 4.79 Å². The lowest BCUT2D eigenvalue weighted by atomic mass is 9.82. The van der Waals surface area contributed by atoms with Crippen LogP contribution in [0.1, 0.15) is 19.8 Å². The molecule has 1 aromatic rings. The van der Waals surface area contributed by atoms with Crippen LogP contribution in [0.4, 0.5) is 5.69 Å². The maximum atomic E-state index is 11.9. The topological polar surface area (TPSA) is 56.1 Å². The Hall–Kier alpha value is -1.07.